The van der Waals surface area contributed by atoms with Crippen LogP contribution in [-0.2, 0) is 4.74 Å². The summed E-state index contributed by atoms with van der Waals surface area (Å²) < 4.78 is 5.60. The van der Waals surface area contributed by atoms with Crippen molar-refractivity contribution in [2.45, 2.75) is 26.2 Å². The van der Waals surface area contributed by atoms with Crippen molar-refractivity contribution in [2.75, 3.05) is 18.1 Å². The lowest BCUT2D eigenvalue weighted by Crippen LogP contribution is -2.28. The monoisotopic (exact) mass is 266 g/mol. The van der Waals surface area contributed by atoms with Gasteiger partial charge >= 0.3 is 0 Å². The Morgan fingerprint density at radius 1 is 1.61 bits per heavy atom. The minimum absolute atomic E-state index is 0.00387. The van der Waals surface area contributed by atoms with Crippen LogP contribution in [0.3, 0.4) is 0 Å². The maximum absolute atomic E-state index is 9.13. The quantitative estimate of drug-likeness (QED) is 0.890. The van der Waals surface area contributed by atoms with Crippen molar-refractivity contribution in [3.05, 3.63) is 28.3 Å². The summed E-state index contributed by atoms with van der Waals surface area (Å²) in [4.78, 5) is 2.04. The van der Waals surface area contributed by atoms with Crippen LogP contribution in [-0.4, -0.2) is 30.6 Å². The molecule has 96 valence electrons. The van der Waals surface area contributed by atoms with Gasteiger partial charge in [-0.3, -0.25) is 0 Å². The van der Waals surface area contributed by atoms with E-state index in [1.165, 1.54) is 0 Å². The van der Waals surface area contributed by atoms with Crippen molar-refractivity contribution in [3.63, 3.8) is 0 Å². The molecule has 0 unspecified atom stereocenters. The number of rotatable bonds is 2. The summed E-state index contributed by atoms with van der Waals surface area (Å²) in [6, 6.07) is 5.65. The molecule has 1 aliphatic rings. The normalized spacial score (nSPS) is 23.2. The number of benzene rings is 1. The molecule has 1 saturated heterocycles. The summed E-state index contributed by atoms with van der Waals surface area (Å²) in [7, 11) is 0. The summed E-state index contributed by atoms with van der Waals surface area (Å²) in [6.07, 6.45) is -0.279. The van der Waals surface area contributed by atoms with Gasteiger partial charge in [0.2, 0.25) is 0 Å². The van der Waals surface area contributed by atoms with E-state index in [0.29, 0.717) is 17.1 Å². The van der Waals surface area contributed by atoms with Gasteiger partial charge in [-0.25, -0.2) is 0 Å². The summed E-state index contributed by atoms with van der Waals surface area (Å²) in [5.74, 6) is 0. The molecule has 1 aromatic carbocycles. The molecule has 1 heterocycles. The second kappa shape index (κ2) is 5.15. The molecule has 0 saturated carbocycles. The summed E-state index contributed by atoms with van der Waals surface area (Å²) in [5.41, 5.74) is 2.29. The van der Waals surface area contributed by atoms with Gasteiger partial charge in [-0.05, 0) is 31.5 Å². The fourth-order valence-corrected chi connectivity index (χ4v) is 2.43. The van der Waals surface area contributed by atoms with Gasteiger partial charge in [0.05, 0.1) is 17.2 Å². The standard InChI is InChI=1S/C13H15ClN2O2/c1-8-12(4-3-10(5-15)13(8)14)16-6-11(7-17)18-9(16)2/h3-4,9,11,17H,6-7H2,1-2H3/t9-,11+/m1/s1. The molecule has 18 heavy (non-hydrogen) atoms. The Morgan fingerprint density at radius 2 is 2.33 bits per heavy atom. The van der Waals surface area contributed by atoms with Gasteiger partial charge in [0.25, 0.3) is 0 Å². The van der Waals surface area contributed by atoms with Gasteiger partial charge in [0.15, 0.2) is 0 Å². The van der Waals surface area contributed by atoms with E-state index in [1.807, 2.05) is 24.8 Å². The molecule has 1 aromatic rings. The zero-order valence-corrected chi connectivity index (χ0v) is 11.1. The van der Waals surface area contributed by atoms with E-state index in [0.717, 1.165) is 11.3 Å². The zero-order chi connectivity index (χ0) is 13.3. The number of ether oxygens (including phenoxy) is 1. The number of anilines is 1. The number of hydrogen-bond donors (Lipinski definition) is 1. The largest absolute Gasteiger partial charge is 0.394 e. The first-order valence-electron chi connectivity index (χ1n) is 5.80. The molecule has 0 aliphatic carbocycles. The molecule has 2 atom stereocenters. The van der Waals surface area contributed by atoms with E-state index in [9.17, 15) is 0 Å². The Labute approximate surface area is 111 Å². The Morgan fingerprint density at radius 3 is 2.89 bits per heavy atom. The van der Waals surface area contributed by atoms with E-state index in [1.54, 1.807) is 6.07 Å². The molecule has 1 N–H and O–H groups in total. The van der Waals surface area contributed by atoms with Crippen LogP contribution in [0.4, 0.5) is 5.69 Å². The van der Waals surface area contributed by atoms with Crippen molar-refractivity contribution in [1.82, 2.24) is 0 Å². The van der Waals surface area contributed by atoms with Crippen LogP contribution in [0.25, 0.3) is 0 Å². The lowest BCUT2D eigenvalue weighted by molar-refractivity contribution is 0.0238. The highest BCUT2D eigenvalue weighted by molar-refractivity contribution is 6.32. The molecule has 2 rings (SSSR count). The highest BCUT2D eigenvalue weighted by atomic mass is 35.5. The highest BCUT2D eigenvalue weighted by Crippen LogP contribution is 2.33. The van der Waals surface area contributed by atoms with Crippen LogP contribution in [0.15, 0.2) is 12.1 Å². The van der Waals surface area contributed by atoms with E-state index in [2.05, 4.69) is 6.07 Å². The van der Waals surface area contributed by atoms with Crippen LogP contribution in [0.2, 0.25) is 5.02 Å². The number of halogens is 1. The van der Waals surface area contributed by atoms with Gasteiger partial charge in [0, 0.05) is 12.2 Å². The van der Waals surface area contributed by atoms with Gasteiger partial charge in [-0.1, -0.05) is 11.6 Å². The second-order valence-electron chi connectivity index (χ2n) is 4.38. The molecule has 0 amide bonds. The molecule has 0 aromatic heterocycles. The molecule has 4 nitrogen and oxygen atoms in total. The smallest absolute Gasteiger partial charge is 0.127 e. The van der Waals surface area contributed by atoms with Crippen molar-refractivity contribution < 1.29 is 9.84 Å². The van der Waals surface area contributed by atoms with Crippen LogP contribution in [0, 0.1) is 18.3 Å². The fourth-order valence-electron chi connectivity index (χ4n) is 2.23. The topological polar surface area (TPSA) is 56.5 Å². The molecular formula is C13H15ClN2O2. The molecule has 0 bridgehead atoms. The third kappa shape index (κ3) is 2.17. The first-order valence-corrected chi connectivity index (χ1v) is 6.18. The molecular weight excluding hydrogens is 252 g/mol. The number of nitrogens with zero attached hydrogens (tertiary/aromatic N) is 2. The molecule has 0 spiro atoms. The lowest BCUT2D eigenvalue weighted by atomic mass is 10.1. The minimum atomic E-state index is -0.172. The van der Waals surface area contributed by atoms with Crippen LogP contribution >= 0.6 is 11.6 Å². The number of hydrogen-bond acceptors (Lipinski definition) is 4. The first kappa shape index (κ1) is 13.2. The second-order valence-corrected chi connectivity index (χ2v) is 4.75. The van der Waals surface area contributed by atoms with E-state index in [4.69, 9.17) is 26.7 Å². The van der Waals surface area contributed by atoms with Crippen LogP contribution < -0.4 is 4.90 Å². The van der Waals surface area contributed by atoms with Gasteiger partial charge in [-0.15, -0.1) is 0 Å². The third-order valence-corrected chi connectivity index (χ3v) is 3.71. The van der Waals surface area contributed by atoms with Gasteiger partial charge < -0.3 is 14.7 Å². The minimum Gasteiger partial charge on any atom is -0.394 e. The van der Waals surface area contributed by atoms with Crippen molar-refractivity contribution >= 4 is 17.3 Å². The molecule has 1 aliphatic heterocycles. The molecule has 5 heteroatoms. The maximum Gasteiger partial charge on any atom is 0.127 e. The van der Waals surface area contributed by atoms with Crippen LogP contribution in [0.5, 0.6) is 0 Å². The molecule has 1 fully saturated rings. The van der Waals surface area contributed by atoms with Gasteiger partial charge in [-0.2, -0.15) is 5.26 Å². The van der Waals surface area contributed by atoms with Crippen LogP contribution in [0.1, 0.15) is 18.1 Å². The number of nitriles is 1. The lowest BCUT2D eigenvalue weighted by Gasteiger charge is -2.24. The Hall–Kier alpha value is -1.28. The number of aliphatic hydroxyl groups excluding tert-OH is 1. The predicted octanol–water partition coefficient (Wildman–Crippen LogP) is 2.06. The highest BCUT2D eigenvalue weighted by Gasteiger charge is 2.30. The summed E-state index contributed by atoms with van der Waals surface area (Å²) in [5, 5.41) is 18.5. The average molecular weight is 267 g/mol. The molecule has 0 radical (unpaired) electrons. The Bertz CT molecular complexity index is 498. The van der Waals surface area contributed by atoms with Gasteiger partial charge in [0.1, 0.15) is 18.4 Å². The summed E-state index contributed by atoms with van der Waals surface area (Å²) in [6.45, 7) is 4.45. The van der Waals surface area contributed by atoms with Crippen molar-refractivity contribution in [2.24, 2.45) is 0 Å². The first-order chi connectivity index (χ1) is 8.58. The number of aliphatic hydroxyl groups is 1. The average Bonchev–Trinajstić information content (AvgIpc) is 2.74. The SMILES string of the molecule is Cc1c(N2C[C@@H](CO)O[C@@H]2C)ccc(C#N)c1Cl. The fraction of sp³-hybridized carbons (Fsp3) is 0.462. The Kier molecular flexibility index (Phi) is 3.76. The Balaban J connectivity index is 2.35. The zero-order valence-electron chi connectivity index (χ0n) is 10.4. The summed E-state index contributed by atoms with van der Waals surface area (Å²) >= 11 is 6.16. The maximum atomic E-state index is 9.13. The predicted molar refractivity (Wildman–Crippen MR) is 69.7 cm³/mol. The third-order valence-electron chi connectivity index (χ3n) is 3.22. The van der Waals surface area contributed by atoms with Crippen molar-refractivity contribution in [3.8, 4) is 6.07 Å². The van der Waals surface area contributed by atoms with Crippen molar-refractivity contribution in [1.29, 1.82) is 5.26 Å². The van der Waals surface area contributed by atoms with E-state index >= 15 is 0 Å². The van der Waals surface area contributed by atoms with E-state index in [-0.39, 0.29) is 18.9 Å². The van der Waals surface area contributed by atoms with E-state index < -0.39 is 0 Å².